The molecule has 0 amide bonds. The second-order valence-electron chi connectivity index (χ2n) is 3.53. The van der Waals surface area contributed by atoms with Crippen LogP contribution in [0.3, 0.4) is 0 Å². The molecule has 2 nitrogen and oxygen atoms in total. The van der Waals surface area contributed by atoms with Crippen LogP contribution in [-0.4, -0.2) is 4.57 Å². The van der Waals surface area contributed by atoms with Gasteiger partial charge in [-0.2, -0.15) is 0 Å². The first-order valence-electron chi connectivity index (χ1n) is 4.58. The fourth-order valence-electron chi connectivity index (χ4n) is 1.58. The SMILES string of the molecule is Cc1cc(N)n(-c2c(Cl)cc(Br)cc2Br)c1. The van der Waals surface area contributed by atoms with E-state index < -0.39 is 0 Å². The molecule has 1 heterocycles. The molecule has 0 aliphatic rings. The van der Waals surface area contributed by atoms with Gasteiger partial charge < -0.3 is 10.3 Å². The minimum atomic E-state index is 0.642. The van der Waals surface area contributed by atoms with Gasteiger partial charge in [-0.15, -0.1) is 0 Å². The van der Waals surface area contributed by atoms with E-state index in [0.717, 1.165) is 20.2 Å². The highest BCUT2D eigenvalue weighted by Gasteiger charge is 2.11. The zero-order valence-electron chi connectivity index (χ0n) is 8.47. The number of anilines is 1. The Morgan fingerprint density at radius 3 is 2.44 bits per heavy atom. The second kappa shape index (κ2) is 4.43. The van der Waals surface area contributed by atoms with Crippen LogP contribution in [0, 0.1) is 6.92 Å². The number of halogens is 3. The largest absolute Gasteiger partial charge is 0.385 e. The number of nitrogens with zero attached hydrogens (tertiary/aromatic N) is 1. The van der Waals surface area contributed by atoms with E-state index in [9.17, 15) is 0 Å². The molecule has 0 unspecified atom stereocenters. The van der Waals surface area contributed by atoms with Crippen LogP contribution in [0.25, 0.3) is 5.69 Å². The third kappa shape index (κ3) is 2.14. The van der Waals surface area contributed by atoms with Crippen LogP contribution < -0.4 is 5.73 Å². The number of hydrogen-bond acceptors (Lipinski definition) is 1. The van der Waals surface area contributed by atoms with Crippen molar-refractivity contribution in [2.45, 2.75) is 6.92 Å². The highest BCUT2D eigenvalue weighted by Crippen LogP contribution is 2.34. The van der Waals surface area contributed by atoms with Crippen molar-refractivity contribution in [2.75, 3.05) is 5.73 Å². The number of nitrogen functional groups attached to an aromatic ring is 1. The Balaban J connectivity index is 2.69. The molecule has 0 atom stereocenters. The van der Waals surface area contributed by atoms with Crippen molar-refractivity contribution in [3.63, 3.8) is 0 Å². The van der Waals surface area contributed by atoms with Crippen molar-refractivity contribution in [3.05, 3.63) is 43.9 Å². The molecule has 2 N–H and O–H groups in total. The van der Waals surface area contributed by atoms with E-state index in [2.05, 4.69) is 31.9 Å². The number of rotatable bonds is 1. The highest BCUT2D eigenvalue weighted by molar-refractivity contribution is 9.11. The Hall–Kier alpha value is -0.450. The molecule has 2 rings (SSSR count). The van der Waals surface area contributed by atoms with Gasteiger partial charge >= 0.3 is 0 Å². The molecular formula is C11H9Br2ClN2. The lowest BCUT2D eigenvalue weighted by molar-refractivity contribution is 1.08. The molecule has 0 aliphatic carbocycles. The summed E-state index contributed by atoms with van der Waals surface area (Å²) >= 11 is 13.1. The summed E-state index contributed by atoms with van der Waals surface area (Å²) in [6, 6.07) is 5.69. The third-order valence-corrected chi connectivity index (χ3v) is 3.56. The molecule has 1 aromatic carbocycles. The van der Waals surface area contributed by atoms with Crippen LogP contribution in [0.5, 0.6) is 0 Å². The first-order valence-corrected chi connectivity index (χ1v) is 6.55. The van der Waals surface area contributed by atoms with Crippen molar-refractivity contribution in [1.82, 2.24) is 4.57 Å². The lowest BCUT2D eigenvalue weighted by Gasteiger charge is -2.11. The minimum absolute atomic E-state index is 0.642. The van der Waals surface area contributed by atoms with Crippen molar-refractivity contribution in [2.24, 2.45) is 0 Å². The summed E-state index contributed by atoms with van der Waals surface area (Å²) in [6.07, 6.45) is 1.95. The predicted molar refractivity (Wildman–Crippen MR) is 75.3 cm³/mol. The van der Waals surface area contributed by atoms with Crippen LogP contribution >= 0.6 is 43.5 Å². The van der Waals surface area contributed by atoms with Crippen molar-refractivity contribution >= 4 is 49.3 Å². The summed E-state index contributed by atoms with van der Waals surface area (Å²) in [6.45, 7) is 1.99. The topological polar surface area (TPSA) is 30.9 Å². The van der Waals surface area contributed by atoms with Gasteiger partial charge in [-0.05, 0) is 46.6 Å². The molecular weight excluding hydrogens is 355 g/mol. The predicted octanol–water partition coefficient (Wildman–Crippen LogP) is 4.55. The van der Waals surface area contributed by atoms with Crippen LogP contribution in [-0.2, 0) is 0 Å². The number of aromatic nitrogens is 1. The summed E-state index contributed by atoms with van der Waals surface area (Å²) in [5, 5.41) is 0.642. The Morgan fingerprint density at radius 1 is 1.25 bits per heavy atom. The van der Waals surface area contributed by atoms with Gasteiger partial charge in [0.2, 0.25) is 0 Å². The average molecular weight is 364 g/mol. The molecule has 0 saturated heterocycles. The molecule has 0 radical (unpaired) electrons. The minimum Gasteiger partial charge on any atom is -0.385 e. The highest BCUT2D eigenvalue weighted by atomic mass is 79.9. The molecule has 0 fully saturated rings. The van der Waals surface area contributed by atoms with Gasteiger partial charge in [-0.3, -0.25) is 0 Å². The van der Waals surface area contributed by atoms with E-state index in [-0.39, 0.29) is 0 Å². The van der Waals surface area contributed by atoms with Gasteiger partial charge in [0, 0.05) is 15.1 Å². The first kappa shape index (κ1) is 12.0. The van der Waals surface area contributed by atoms with Crippen LogP contribution in [0.4, 0.5) is 5.82 Å². The summed E-state index contributed by atoms with van der Waals surface area (Å²) < 4.78 is 3.69. The standard InChI is InChI=1S/C11H9Br2ClN2/c1-6-2-10(15)16(5-6)11-8(13)3-7(12)4-9(11)14/h2-5H,15H2,1H3. The fraction of sp³-hybridized carbons (Fsp3) is 0.0909. The van der Waals surface area contributed by atoms with Crippen LogP contribution in [0.15, 0.2) is 33.3 Å². The smallest absolute Gasteiger partial charge is 0.108 e. The van der Waals surface area contributed by atoms with E-state index in [1.807, 2.05) is 35.9 Å². The molecule has 0 saturated carbocycles. The van der Waals surface area contributed by atoms with Crippen LogP contribution in [0.2, 0.25) is 5.02 Å². The van der Waals surface area contributed by atoms with Gasteiger partial charge in [0.25, 0.3) is 0 Å². The van der Waals surface area contributed by atoms with E-state index in [1.165, 1.54) is 0 Å². The van der Waals surface area contributed by atoms with Gasteiger partial charge in [0.05, 0.1) is 10.7 Å². The molecule has 5 heteroatoms. The zero-order chi connectivity index (χ0) is 11.9. The van der Waals surface area contributed by atoms with Crippen molar-refractivity contribution in [1.29, 1.82) is 0 Å². The molecule has 0 bridgehead atoms. The summed E-state index contributed by atoms with van der Waals surface area (Å²) in [7, 11) is 0. The Kier molecular flexibility index (Phi) is 3.33. The monoisotopic (exact) mass is 362 g/mol. The van der Waals surface area contributed by atoms with Gasteiger partial charge in [0.1, 0.15) is 5.82 Å². The van der Waals surface area contributed by atoms with Crippen molar-refractivity contribution in [3.8, 4) is 5.69 Å². The number of benzene rings is 1. The lowest BCUT2D eigenvalue weighted by Crippen LogP contribution is -2.00. The van der Waals surface area contributed by atoms with Gasteiger partial charge in [0.15, 0.2) is 0 Å². The Bertz CT molecular complexity index is 526. The summed E-state index contributed by atoms with van der Waals surface area (Å²) in [5.74, 6) is 0.669. The molecule has 1 aromatic heterocycles. The van der Waals surface area contributed by atoms with Gasteiger partial charge in [-0.25, -0.2) is 0 Å². The van der Waals surface area contributed by atoms with E-state index in [0.29, 0.717) is 10.8 Å². The van der Waals surface area contributed by atoms with Crippen LogP contribution in [0.1, 0.15) is 5.56 Å². The van der Waals surface area contributed by atoms with E-state index in [4.69, 9.17) is 17.3 Å². The van der Waals surface area contributed by atoms with E-state index >= 15 is 0 Å². The molecule has 0 spiro atoms. The van der Waals surface area contributed by atoms with Gasteiger partial charge in [-0.1, -0.05) is 27.5 Å². The Morgan fingerprint density at radius 2 is 1.94 bits per heavy atom. The normalized spacial score (nSPS) is 10.8. The maximum atomic E-state index is 6.21. The van der Waals surface area contributed by atoms with E-state index in [1.54, 1.807) is 0 Å². The molecule has 2 aromatic rings. The number of nitrogens with two attached hydrogens (primary N) is 1. The quantitative estimate of drug-likeness (QED) is 0.791. The third-order valence-electron chi connectivity index (χ3n) is 2.21. The summed E-state index contributed by atoms with van der Waals surface area (Å²) in [4.78, 5) is 0. The Labute approximate surface area is 116 Å². The maximum Gasteiger partial charge on any atom is 0.108 e. The molecule has 84 valence electrons. The lowest BCUT2D eigenvalue weighted by atomic mass is 10.3. The maximum absolute atomic E-state index is 6.21. The fourth-order valence-corrected chi connectivity index (χ4v) is 3.55. The number of aryl methyl sites for hydroxylation is 1. The average Bonchev–Trinajstić information content (AvgIpc) is 2.43. The van der Waals surface area contributed by atoms with Crippen molar-refractivity contribution < 1.29 is 0 Å². The molecule has 16 heavy (non-hydrogen) atoms. The first-order chi connectivity index (χ1) is 7.49. The number of hydrogen-bond donors (Lipinski definition) is 1. The second-order valence-corrected chi connectivity index (χ2v) is 5.71. The molecule has 0 aliphatic heterocycles. The zero-order valence-corrected chi connectivity index (χ0v) is 12.4. The summed E-state index contributed by atoms with van der Waals surface area (Å²) in [5.41, 5.74) is 7.88.